The van der Waals surface area contributed by atoms with Crippen molar-refractivity contribution in [3.63, 3.8) is 0 Å². The highest BCUT2D eigenvalue weighted by atomic mass is 35.5. The van der Waals surface area contributed by atoms with Gasteiger partial charge in [-0.2, -0.15) is 0 Å². The zero-order valence-electron chi connectivity index (χ0n) is 18.7. The largest absolute Gasteiger partial charge is 0.733 e. The first-order chi connectivity index (χ1) is 16.3. The van der Waals surface area contributed by atoms with Gasteiger partial charge >= 0.3 is 0 Å². The number of benzene rings is 2. The Morgan fingerprint density at radius 3 is 2.38 bits per heavy atom. The molecule has 1 fully saturated rings. The van der Waals surface area contributed by atoms with E-state index < -0.39 is 5.56 Å². The van der Waals surface area contributed by atoms with Crippen LogP contribution in [0.25, 0.3) is 10.9 Å². The number of pyridine rings is 1. The third-order valence-electron chi connectivity index (χ3n) is 5.96. The molecule has 2 heterocycles. The van der Waals surface area contributed by atoms with Crippen molar-refractivity contribution < 1.29 is 10.0 Å². The van der Waals surface area contributed by atoms with E-state index in [2.05, 4.69) is 0 Å². The first-order valence-electron chi connectivity index (χ1n) is 10.8. The molecular formula is C23H26ClN6O4-. The Labute approximate surface area is 201 Å². The number of piperazine rings is 1. The molecule has 1 aliphatic heterocycles. The van der Waals surface area contributed by atoms with Crippen molar-refractivity contribution in [2.75, 3.05) is 49.9 Å². The van der Waals surface area contributed by atoms with Crippen LogP contribution in [0.15, 0.2) is 53.3 Å². The molecule has 0 unspecified atom stereocenters. The summed E-state index contributed by atoms with van der Waals surface area (Å²) in [6.07, 6.45) is 0. The van der Waals surface area contributed by atoms with Crippen LogP contribution in [0.4, 0.5) is 11.4 Å². The van der Waals surface area contributed by atoms with Crippen LogP contribution in [-0.2, 0) is 6.54 Å². The monoisotopic (exact) mass is 485 g/mol. The third kappa shape index (κ3) is 4.72. The number of anilines is 2. The lowest BCUT2D eigenvalue weighted by Gasteiger charge is -2.39. The molecule has 2 aromatic carbocycles. The standard InChI is InChI=1S/C23H26ClN6O4/c1-26(25)10-15-29-19-5-3-2-4-18(19)20(21(23(29)32)30(33)34)27-11-13-28(14-12-27)22(31)16-6-8-17(24)9-7-16/h2-9,33H,10-15,25H2,1H3/q-1. The molecule has 0 spiro atoms. The Hall–Kier alpha value is -3.15. The Morgan fingerprint density at radius 1 is 1.12 bits per heavy atom. The lowest BCUT2D eigenvalue weighted by atomic mass is 10.1. The van der Waals surface area contributed by atoms with Crippen LogP contribution in [0.1, 0.15) is 10.4 Å². The van der Waals surface area contributed by atoms with Gasteiger partial charge in [-0.25, -0.2) is 5.01 Å². The molecule has 1 saturated heterocycles. The highest BCUT2D eigenvalue weighted by Crippen LogP contribution is 2.34. The maximum atomic E-state index is 13.3. The molecule has 0 atom stereocenters. The van der Waals surface area contributed by atoms with Crippen LogP contribution in [0, 0.1) is 5.21 Å². The van der Waals surface area contributed by atoms with Gasteiger partial charge < -0.3 is 24.8 Å². The summed E-state index contributed by atoms with van der Waals surface area (Å²) in [5, 5.41) is 24.4. The van der Waals surface area contributed by atoms with Crippen molar-refractivity contribution in [3.05, 3.63) is 74.7 Å². The minimum absolute atomic E-state index is 0.115. The molecule has 0 saturated carbocycles. The molecule has 11 heteroatoms. The summed E-state index contributed by atoms with van der Waals surface area (Å²) >= 11 is 5.92. The number of hydrazine groups is 1. The molecule has 0 radical (unpaired) electrons. The number of aromatic nitrogens is 1. The molecule has 34 heavy (non-hydrogen) atoms. The molecule has 3 N–H and O–H groups in total. The van der Waals surface area contributed by atoms with Gasteiger partial charge in [0.15, 0.2) is 0 Å². The number of halogens is 1. The number of fused-ring (bicyclic) bond motifs is 1. The summed E-state index contributed by atoms with van der Waals surface area (Å²) in [5.41, 5.74) is 0.574. The number of amides is 1. The van der Waals surface area contributed by atoms with Crippen molar-refractivity contribution in [1.82, 2.24) is 14.5 Å². The van der Waals surface area contributed by atoms with Crippen molar-refractivity contribution >= 4 is 39.8 Å². The second-order valence-electron chi connectivity index (χ2n) is 8.21. The number of rotatable bonds is 6. The molecule has 180 valence electrons. The van der Waals surface area contributed by atoms with Gasteiger partial charge in [0.1, 0.15) is 5.69 Å². The minimum atomic E-state index is -0.604. The van der Waals surface area contributed by atoms with E-state index in [1.807, 2.05) is 23.1 Å². The Balaban J connectivity index is 1.67. The van der Waals surface area contributed by atoms with Crippen LogP contribution in [-0.4, -0.2) is 65.4 Å². The normalized spacial score (nSPS) is 14.2. The molecule has 1 amide bonds. The number of likely N-dealkylation sites (N-methyl/N-ethyl adjacent to an activating group) is 1. The van der Waals surface area contributed by atoms with Crippen molar-refractivity contribution in [3.8, 4) is 0 Å². The van der Waals surface area contributed by atoms with Crippen LogP contribution >= 0.6 is 11.6 Å². The van der Waals surface area contributed by atoms with Gasteiger partial charge in [0, 0.05) is 62.3 Å². The number of carbonyl (C=O) groups is 1. The smallest absolute Gasteiger partial charge is 0.278 e. The molecule has 1 aliphatic rings. The second-order valence-corrected chi connectivity index (χ2v) is 8.65. The summed E-state index contributed by atoms with van der Waals surface area (Å²) in [7, 11) is 1.68. The molecular weight excluding hydrogens is 460 g/mol. The van der Waals surface area contributed by atoms with E-state index in [9.17, 15) is 20.0 Å². The van der Waals surface area contributed by atoms with E-state index in [1.54, 1.807) is 42.3 Å². The van der Waals surface area contributed by atoms with Gasteiger partial charge in [-0.3, -0.25) is 20.6 Å². The van der Waals surface area contributed by atoms with E-state index in [0.29, 0.717) is 59.9 Å². The lowest BCUT2D eigenvalue weighted by molar-refractivity contribution is 0.0747. The Kier molecular flexibility index (Phi) is 7.05. The van der Waals surface area contributed by atoms with Crippen LogP contribution in [0.3, 0.4) is 0 Å². The number of para-hydroxylation sites is 1. The molecule has 10 nitrogen and oxygen atoms in total. The Bertz CT molecular complexity index is 1240. The number of hydrogen-bond acceptors (Lipinski definition) is 8. The Morgan fingerprint density at radius 2 is 1.76 bits per heavy atom. The summed E-state index contributed by atoms with van der Waals surface area (Å²) in [5.74, 6) is 5.60. The molecule has 3 aromatic rings. The van der Waals surface area contributed by atoms with E-state index >= 15 is 0 Å². The van der Waals surface area contributed by atoms with Crippen LogP contribution < -0.4 is 21.5 Å². The third-order valence-corrected chi connectivity index (χ3v) is 6.22. The number of carbonyl (C=O) groups excluding carboxylic acids is 1. The average molecular weight is 486 g/mol. The molecule has 4 rings (SSSR count). The number of hydrogen-bond donors (Lipinski definition) is 2. The molecule has 1 aromatic heterocycles. The van der Waals surface area contributed by atoms with E-state index in [1.165, 1.54) is 9.58 Å². The van der Waals surface area contributed by atoms with E-state index in [4.69, 9.17) is 17.4 Å². The topological polar surface area (TPSA) is 121 Å². The fraction of sp³-hybridized carbons (Fsp3) is 0.304. The number of nitrogens with two attached hydrogens (primary N) is 1. The van der Waals surface area contributed by atoms with Crippen molar-refractivity contribution in [1.29, 1.82) is 0 Å². The van der Waals surface area contributed by atoms with Gasteiger partial charge in [0.2, 0.25) is 0 Å². The quantitative estimate of drug-likeness (QED) is 0.402. The first-order valence-corrected chi connectivity index (χ1v) is 11.2. The zero-order chi connectivity index (χ0) is 24.4. The van der Waals surface area contributed by atoms with Crippen molar-refractivity contribution in [2.45, 2.75) is 6.54 Å². The van der Waals surface area contributed by atoms with Gasteiger partial charge in [0.05, 0.1) is 11.2 Å². The van der Waals surface area contributed by atoms with Gasteiger partial charge in [-0.15, -0.1) is 0 Å². The van der Waals surface area contributed by atoms with E-state index in [-0.39, 0.29) is 23.4 Å². The van der Waals surface area contributed by atoms with Gasteiger partial charge in [-0.05, 0) is 30.3 Å². The predicted octanol–water partition coefficient (Wildman–Crippen LogP) is 2.12. The van der Waals surface area contributed by atoms with Gasteiger partial charge in [0.25, 0.3) is 11.5 Å². The fourth-order valence-corrected chi connectivity index (χ4v) is 4.38. The van der Waals surface area contributed by atoms with E-state index in [0.717, 1.165) is 0 Å². The summed E-state index contributed by atoms with van der Waals surface area (Å²) in [6, 6.07) is 13.9. The van der Waals surface area contributed by atoms with Crippen molar-refractivity contribution in [2.24, 2.45) is 5.84 Å². The summed E-state index contributed by atoms with van der Waals surface area (Å²) in [4.78, 5) is 29.7. The summed E-state index contributed by atoms with van der Waals surface area (Å²) in [6.45, 7) is 2.18. The maximum Gasteiger partial charge on any atom is 0.278 e. The summed E-state index contributed by atoms with van der Waals surface area (Å²) < 4.78 is 1.44. The average Bonchev–Trinajstić information content (AvgIpc) is 2.82. The zero-order valence-corrected chi connectivity index (χ0v) is 19.5. The minimum Gasteiger partial charge on any atom is -0.733 e. The SMILES string of the molecule is CN(N)CCn1c(=O)c(N([O-])O)c(N2CCN(C(=O)c3ccc(Cl)cc3)CC2)c2ccccc21. The van der Waals surface area contributed by atoms with Crippen LogP contribution in [0.5, 0.6) is 0 Å². The number of nitrogens with zero attached hydrogens (tertiary/aromatic N) is 5. The fourth-order valence-electron chi connectivity index (χ4n) is 4.26. The second kappa shape index (κ2) is 10.00. The lowest BCUT2D eigenvalue weighted by Crippen LogP contribution is -2.49. The predicted molar refractivity (Wildman–Crippen MR) is 132 cm³/mol. The highest BCUT2D eigenvalue weighted by Gasteiger charge is 2.27. The first kappa shape index (κ1) is 24.0. The maximum absolute atomic E-state index is 13.3. The molecule has 0 bridgehead atoms. The highest BCUT2D eigenvalue weighted by molar-refractivity contribution is 6.30. The molecule has 0 aliphatic carbocycles. The van der Waals surface area contributed by atoms with Crippen LogP contribution in [0.2, 0.25) is 5.02 Å². The van der Waals surface area contributed by atoms with Gasteiger partial charge in [-0.1, -0.05) is 29.8 Å².